The van der Waals surface area contributed by atoms with Gasteiger partial charge in [0.25, 0.3) is 5.56 Å². The molecular weight excluding hydrogens is 314 g/mol. The van der Waals surface area contributed by atoms with Gasteiger partial charge in [-0.15, -0.1) is 0 Å². The summed E-state index contributed by atoms with van der Waals surface area (Å²) in [6, 6.07) is 9.25. The number of H-pyrrole nitrogens is 1. The van der Waals surface area contributed by atoms with Crippen LogP contribution >= 0.6 is 0 Å². The molecule has 0 saturated carbocycles. The van der Waals surface area contributed by atoms with E-state index in [1.165, 1.54) is 0 Å². The number of likely N-dealkylation sites (N-methyl/N-ethyl adjacent to an activating group) is 1. The molecule has 0 spiro atoms. The summed E-state index contributed by atoms with van der Waals surface area (Å²) >= 11 is 0. The van der Waals surface area contributed by atoms with E-state index in [-0.39, 0.29) is 5.56 Å². The van der Waals surface area contributed by atoms with E-state index in [0.29, 0.717) is 11.1 Å². The molecule has 1 N–H and O–H groups in total. The van der Waals surface area contributed by atoms with Gasteiger partial charge < -0.3 is 9.88 Å². The summed E-state index contributed by atoms with van der Waals surface area (Å²) in [5.41, 5.74) is 4.54. The summed E-state index contributed by atoms with van der Waals surface area (Å²) in [5, 5.41) is 13.3. The van der Waals surface area contributed by atoms with Gasteiger partial charge in [0.15, 0.2) is 0 Å². The molecule has 25 heavy (non-hydrogen) atoms. The average molecular weight is 331 g/mol. The van der Waals surface area contributed by atoms with E-state index in [0.717, 1.165) is 41.9 Å². The number of fused-ring (bicyclic) bond motifs is 1. The SMILES string of the molecule is CN1CC=C(c2cn3ncc(-c4ccc(C#N)cc4)c3c(=O)[nH]2)CC1. The third kappa shape index (κ3) is 2.75. The van der Waals surface area contributed by atoms with Crippen molar-refractivity contribution >= 4 is 11.1 Å². The summed E-state index contributed by atoms with van der Waals surface area (Å²) < 4.78 is 1.64. The summed E-state index contributed by atoms with van der Waals surface area (Å²) in [6.07, 6.45) is 6.62. The number of hydrogen-bond acceptors (Lipinski definition) is 4. The van der Waals surface area contributed by atoms with Gasteiger partial charge in [0, 0.05) is 18.7 Å². The molecule has 3 heterocycles. The highest BCUT2D eigenvalue weighted by atomic mass is 16.1. The number of aromatic amines is 1. The molecule has 1 aromatic carbocycles. The first-order chi connectivity index (χ1) is 12.2. The van der Waals surface area contributed by atoms with E-state index in [1.54, 1.807) is 22.8 Å². The maximum absolute atomic E-state index is 12.7. The molecule has 3 aromatic rings. The molecule has 0 bridgehead atoms. The van der Waals surface area contributed by atoms with Crippen LogP contribution in [0.15, 0.2) is 47.5 Å². The van der Waals surface area contributed by atoms with Crippen molar-refractivity contribution in [2.45, 2.75) is 6.42 Å². The second-order valence-electron chi connectivity index (χ2n) is 6.28. The first-order valence-electron chi connectivity index (χ1n) is 8.15. The van der Waals surface area contributed by atoms with E-state index in [9.17, 15) is 4.79 Å². The monoisotopic (exact) mass is 331 g/mol. The number of benzene rings is 1. The van der Waals surface area contributed by atoms with Gasteiger partial charge in [0.1, 0.15) is 5.52 Å². The van der Waals surface area contributed by atoms with Crippen molar-refractivity contribution in [2.75, 3.05) is 20.1 Å². The van der Waals surface area contributed by atoms with Crippen LogP contribution in [0.4, 0.5) is 0 Å². The van der Waals surface area contributed by atoms with Gasteiger partial charge in [0.05, 0.1) is 29.7 Å². The second kappa shape index (κ2) is 6.04. The van der Waals surface area contributed by atoms with Gasteiger partial charge in [-0.25, -0.2) is 4.52 Å². The Balaban J connectivity index is 1.80. The molecule has 0 saturated heterocycles. The normalized spacial score (nSPS) is 15.1. The number of nitrogens with zero attached hydrogens (tertiary/aromatic N) is 4. The fourth-order valence-corrected chi connectivity index (χ4v) is 3.14. The molecule has 6 nitrogen and oxygen atoms in total. The Morgan fingerprint density at radius 1 is 1.28 bits per heavy atom. The van der Waals surface area contributed by atoms with Crippen LogP contribution in [-0.2, 0) is 0 Å². The van der Waals surface area contributed by atoms with Gasteiger partial charge in [0.2, 0.25) is 0 Å². The second-order valence-corrected chi connectivity index (χ2v) is 6.28. The van der Waals surface area contributed by atoms with Crippen molar-refractivity contribution in [3.63, 3.8) is 0 Å². The highest BCUT2D eigenvalue weighted by molar-refractivity contribution is 5.80. The highest BCUT2D eigenvalue weighted by Crippen LogP contribution is 2.24. The third-order valence-corrected chi connectivity index (χ3v) is 4.59. The molecule has 1 aliphatic rings. The number of nitriles is 1. The number of hydrogen-bond donors (Lipinski definition) is 1. The first kappa shape index (κ1) is 15.4. The van der Waals surface area contributed by atoms with E-state index < -0.39 is 0 Å². The molecule has 124 valence electrons. The lowest BCUT2D eigenvalue weighted by Crippen LogP contribution is -2.24. The highest BCUT2D eigenvalue weighted by Gasteiger charge is 2.15. The maximum Gasteiger partial charge on any atom is 0.275 e. The van der Waals surface area contributed by atoms with Crippen LogP contribution in [0.1, 0.15) is 17.7 Å². The Bertz CT molecular complexity index is 1070. The minimum absolute atomic E-state index is 0.158. The van der Waals surface area contributed by atoms with Gasteiger partial charge in [-0.3, -0.25) is 4.79 Å². The third-order valence-electron chi connectivity index (χ3n) is 4.59. The molecule has 0 aliphatic carbocycles. The molecule has 0 fully saturated rings. The molecule has 0 radical (unpaired) electrons. The number of nitrogens with one attached hydrogen (secondary N) is 1. The van der Waals surface area contributed by atoms with Crippen molar-refractivity contribution in [2.24, 2.45) is 0 Å². The zero-order valence-electron chi connectivity index (χ0n) is 13.9. The van der Waals surface area contributed by atoms with Crippen LogP contribution in [0, 0.1) is 11.3 Å². The number of rotatable bonds is 2. The molecule has 2 aromatic heterocycles. The van der Waals surface area contributed by atoms with E-state index in [1.807, 2.05) is 18.3 Å². The summed E-state index contributed by atoms with van der Waals surface area (Å²) in [7, 11) is 2.08. The topological polar surface area (TPSA) is 77.2 Å². The molecule has 0 atom stereocenters. The van der Waals surface area contributed by atoms with Crippen LogP contribution in [-0.4, -0.2) is 39.6 Å². The fourth-order valence-electron chi connectivity index (χ4n) is 3.14. The Kier molecular flexibility index (Phi) is 3.71. The van der Waals surface area contributed by atoms with Gasteiger partial charge >= 0.3 is 0 Å². The van der Waals surface area contributed by atoms with Crippen LogP contribution in [0.25, 0.3) is 22.2 Å². The van der Waals surface area contributed by atoms with Crippen LogP contribution < -0.4 is 5.56 Å². The molecule has 0 amide bonds. The fraction of sp³-hybridized carbons (Fsp3) is 0.211. The molecule has 6 heteroatoms. The number of aromatic nitrogens is 3. The van der Waals surface area contributed by atoms with Crippen molar-refractivity contribution in [3.8, 4) is 17.2 Å². The van der Waals surface area contributed by atoms with Crippen LogP contribution in [0.5, 0.6) is 0 Å². The first-order valence-corrected chi connectivity index (χ1v) is 8.15. The Morgan fingerprint density at radius 2 is 2.08 bits per heavy atom. The Hall–Kier alpha value is -3.17. The lowest BCUT2D eigenvalue weighted by molar-refractivity contribution is 0.369. The molecule has 1 aliphatic heterocycles. The van der Waals surface area contributed by atoms with Gasteiger partial charge in [-0.1, -0.05) is 18.2 Å². The summed E-state index contributed by atoms with van der Waals surface area (Å²) in [5.74, 6) is 0. The van der Waals surface area contributed by atoms with E-state index >= 15 is 0 Å². The predicted octanol–water partition coefficient (Wildman–Crippen LogP) is 2.28. The van der Waals surface area contributed by atoms with Crippen molar-refractivity contribution in [1.82, 2.24) is 19.5 Å². The van der Waals surface area contributed by atoms with Crippen molar-refractivity contribution in [3.05, 3.63) is 64.3 Å². The van der Waals surface area contributed by atoms with Crippen LogP contribution in [0.2, 0.25) is 0 Å². The van der Waals surface area contributed by atoms with Gasteiger partial charge in [-0.2, -0.15) is 10.4 Å². The zero-order chi connectivity index (χ0) is 17.4. The maximum atomic E-state index is 12.7. The largest absolute Gasteiger partial charge is 0.319 e. The zero-order valence-corrected chi connectivity index (χ0v) is 13.9. The standard InChI is InChI=1S/C19H17N5O/c1-23-8-6-15(7-9-23)17-12-24-18(19(25)22-17)16(11-21-24)14-4-2-13(10-20)3-5-14/h2-6,11-12H,7-9H2,1H3,(H,22,25). The predicted molar refractivity (Wildman–Crippen MR) is 96.1 cm³/mol. The van der Waals surface area contributed by atoms with Crippen LogP contribution in [0.3, 0.4) is 0 Å². The lowest BCUT2D eigenvalue weighted by Gasteiger charge is -2.21. The van der Waals surface area contributed by atoms with Crippen molar-refractivity contribution in [1.29, 1.82) is 5.26 Å². The van der Waals surface area contributed by atoms with E-state index in [4.69, 9.17) is 5.26 Å². The summed E-state index contributed by atoms with van der Waals surface area (Å²) in [4.78, 5) is 17.9. The minimum atomic E-state index is -0.158. The smallest absolute Gasteiger partial charge is 0.275 e. The summed E-state index contributed by atoms with van der Waals surface area (Å²) in [6.45, 7) is 1.85. The minimum Gasteiger partial charge on any atom is -0.319 e. The molecular formula is C19H17N5O. The Labute approximate surface area is 144 Å². The van der Waals surface area contributed by atoms with Gasteiger partial charge in [-0.05, 0) is 36.7 Å². The molecule has 0 unspecified atom stereocenters. The van der Waals surface area contributed by atoms with E-state index in [2.05, 4.69) is 34.2 Å². The molecule has 4 rings (SSSR count). The Morgan fingerprint density at radius 3 is 2.76 bits per heavy atom. The van der Waals surface area contributed by atoms with Crippen molar-refractivity contribution < 1.29 is 0 Å². The quantitative estimate of drug-likeness (QED) is 0.781. The lowest BCUT2D eigenvalue weighted by atomic mass is 10.0. The average Bonchev–Trinajstić information content (AvgIpc) is 3.07.